The van der Waals surface area contributed by atoms with E-state index in [2.05, 4.69) is 29.6 Å². The number of rotatable bonds is 3. The van der Waals surface area contributed by atoms with Crippen molar-refractivity contribution in [2.24, 2.45) is 5.92 Å². The Labute approximate surface area is 93.3 Å². The third kappa shape index (κ3) is 1.90. The Kier molecular flexibility index (Phi) is 2.31. The van der Waals surface area contributed by atoms with Gasteiger partial charge in [0.2, 0.25) is 0 Å². The molecule has 15 heavy (non-hydrogen) atoms. The van der Waals surface area contributed by atoms with Crippen LogP contribution in [-0.2, 0) is 0 Å². The van der Waals surface area contributed by atoms with Crippen molar-refractivity contribution in [2.75, 3.05) is 11.1 Å². The van der Waals surface area contributed by atoms with Gasteiger partial charge in [-0.05, 0) is 44.1 Å². The molecule has 0 bridgehead atoms. The maximum Gasteiger partial charge on any atom is 0.157 e. The monoisotopic (exact) mass is 222 g/mol. The topological polar surface area (TPSA) is 74.7 Å². The van der Waals surface area contributed by atoms with Crippen LogP contribution in [0.1, 0.15) is 32.3 Å². The Morgan fingerprint density at radius 3 is 2.80 bits per heavy atom. The number of nitrogens with two attached hydrogens (primary N) is 1. The smallest absolute Gasteiger partial charge is 0.157 e. The van der Waals surface area contributed by atoms with Crippen LogP contribution in [0.25, 0.3) is 0 Å². The number of hydrogen-bond acceptors (Lipinski definition) is 5. The molecule has 0 unspecified atom stereocenters. The predicted molar refractivity (Wildman–Crippen MR) is 61.7 cm³/mol. The van der Waals surface area contributed by atoms with Gasteiger partial charge in [0.1, 0.15) is 16.6 Å². The maximum absolute atomic E-state index is 8.94. The molecular formula is C10H14N4S. The van der Waals surface area contributed by atoms with Crippen molar-refractivity contribution in [3.05, 3.63) is 5.56 Å². The molecule has 0 amide bonds. The van der Waals surface area contributed by atoms with E-state index < -0.39 is 0 Å². The Bertz CT molecular complexity index is 412. The molecule has 1 fully saturated rings. The highest BCUT2D eigenvalue weighted by atomic mass is 32.1. The third-order valence-electron chi connectivity index (χ3n) is 2.86. The first-order valence-corrected chi connectivity index (χ1v) is 5.75. The molecule has 0 atom stereocenters. The summed E-state index contributed by atoms with van der Waals surface area (Å²) in [6.07, 6.45) is 2.52. The first-order chi connectivity index (χ1) is 7.04. The highest BCUT2D eigenvalue weighted by molar-refractivity contribution is 7.10. The zero-order chi connectivity index (χ0) is 11.1. The number of nitrogens with zero attached hydrogens (tertiary/aromatic N) is 2. The van der Waals surface area contributed by atoms with Crippen molar-refractivity contribution in [1.29, 1.82) is 5.26 Å². The maximum atomic E-state index is 8.94. The summed E-state index contributed by atoms with van der Waals surface area (Å²) >= 11 is 1.26. The van der Waals surface area contributed by atoms with E-state index in [1.165, 1.54) is 24.4 Å². The molecule has 1 saturated carbocycles. The quantitative estimate of drug-likeness (QED) is 0.822. The minimum absolute atomic E-state index is 0.0323. The largest absolute Gasteiger partial charge is 0.382 e. The van der Waals surface area contributed by atoms with Crippen LogP contribution in [0.4, 0.5) is 10.8 Å². The predicted octanol–water partition coefficient (Wildman–Crippen LogP) is 2.20. The van der Waals surface area contributed by atoms with Crippen LogP contribution in [0.15, 0.2) is 0 Å². The van der Waals surface area contributed by atoms with Gasteiger partial charge < -0.3 is 11.1 Å². The fourth-order valence-electron chi connectivity index (χ4n) is 1.70. The van der Waals surface area contributed by atoms with Crippen molar-refractivity contribution in [3.63, 3.8) is 0 Å². The number of anilines is 2. The summed E-state index contributed by atoms with van der Waals surface area (Å²) in [5, 5.41) is 13.1. The molecule has 0 spiro atoms. The molecule has 1 aromatic heterocycles. The van der Waals surface area contributed by atoms with Crippen LogP contribution in [0.3, 0.4) is 0 Å². The van der Waals surface area contributed by atoms with Gasteiger partial charge in [0.05, 0.1) is 0 Å². The lowest BCUT2D eigenvalue weighted by molar-refractivity contribution is 0.496. The molecule has 1 aliphatic carbocycles. The summed E-state index contributed by atoms with van der Waals surface area (Å²) in [5.41, 5.74) is 6.11. The van der Waals surface area contributed by atoms with Gasteiger partial charge in [0, 0.05) is 5.54 Å². The highest BCUT2D eigenvalue weighted by Crippen LogP contribution is 2.42. The average molecular weight is 222 g/mol. The standard InChI is InChI=1S/C10H14N4S/c1-10(2,6-3-4-6)13-9-7(5-11)8(12)14-15-9/h6,13H,3-4H2,1-2H3,(H2,12,14). The van der Waals surface area contributed by atoms with E-state index in [9.17, 15) is 0 Å². The molecule has 5 heteroatoms. The fourth-order valence-corrected chi connectivity index (χ4v) is 2.53. The van der Waals surface area contributed by atoms with Gasteiger partial charge in [-0.3, -0.25) is 0 Å². The SMILES string of the molecule is CC(C)(Nc1snc(N)c1C#N)C1CC1. The molecular weight excluding hydrogens is 208 g/mol. The first-order valence-electron chi connectivity index (χ1n) is 4.98. The minimum Gasteiger partial charge on any atom is -0.382 e. The van der Waals surface area contributed by atoms with Gasteiger partial charge in [0.25, 0.3) is 0 Å². The van der Waals surface area contributed by atoms with Crippen molar-refractivity contribution in [3.8, 4) is 6.07 Å². The minimum atomic E-state index is 0.0323. The first kappa shape index (κ1) is 10.2. The van der Waals surface area contributed by atoms with Crippen LogP contribution < -0.4 is 11.1 Å². The average Bonchev–Trinajstić information content (AvgIpc) is 2.94. The van der Waals surface area contributed by atoms with Crippen molar-refractivity contribution < 1.29 is 0 Å². The van der Waals surface area contributed by atoms with E-state index in [0.717, 1.165) is 5.00 Å². The van der Waals surface area contributed by atoms with Gasteiger partial charge >= 0.3 is 0 Å². The van der Waals surface area contributed by atoms with Gasteiger partial charge in [-0.25, -0.2) is 0 Å². The molecule has 0 aliphatic heterocycles. The number of nitriles is 1. The summed E-state index contributed by atoms with van der Waals surface area (Å²) in [4.78, 5) is 0. The van der Waals surface area contributed by atoms with Crippen molar-refractivity contribution in [2.45, 2.75) is 32.2 Å². The van der Waals surface area contributed by atoms with E-state index >= 15 is 0 Å². The zero-order valence-corrected chi connectivity index (χ0v) is 9.69. The van der Waals surface area contributed by atoms with E-state index in [1.54, 1.807) is 0 Å². The molecule has 1 aromatic rings. The van der Waals surface area contributed by atoms with Crippen molar-refractivity contribution >= 4 is 22.4 Å². The summed E-state index contributed by atoms with van der Waals surface area (Å²) < 4.78 is 3.99. The summed E-state index contributed by atoms with van der Waals surface area (Å²) in [5.74, 6) is 1.03. The van der Waals surface area contributed by atoms with E-state index in [1.807, 2.05) is 0 Å². The second kappa shape index (κ2) is 3.38. The Morgan fingerprint density at radius 1 is 1.60 bits per heavy atom. The van der Waals surface area contributed by atoms with Crippen LogP contribution in [-0.4, -0.2) is 9.91 Å². The third-order valence-corrected chi connectivity index (χ3v) is 3.64. The molecule has 2 rings (SSSR count). The number of nitrogens with one attached hydrogen (secondary N) is 1. The van der Waals surface area contributed by atoms with Gasteiger partial charge in [-0.2, -0.15) is 9.64 Å². The van der Waals surface area contributed by atoms with Crippen LogP contribution in [0.2, 0.25) is 0 Å². The van der Waals surface area contributed by atoms with E-state index in [0.29, 0.717) is 17.3 Å². The fraction of sp³-hybridized carbons (Fsp3) is 0.600. The summed E-state index contributed by atoms with van der Waals surface area (Å²) in [6.45, 7) is 4.31. The van der Waals surface area contributed by atoms with E-state index in [-0.39, 0.29) is 5.54 Å². The molecule has 0 aromatic carbocycles. The highest BCUT2D eigenvalue weighted by Gasteiger charge is 2.38. The number of hydrogen-bond donors (Lipinski definition) is 2. The van der Waals surface area contributed by atoms with Crippen molar-refractivity contribution in [1.82, 2.24) is 4.37 Å². The lowest BCUT2D eigenvalue weighted by atomic mass is 9.99. The van der Waals surface area contributed by atoms with Crippen LogP contribution >= 0.6 is 11.5 Å². The molecule has 1 heterocycles. The molecule has 3 N–H and O–H groups in total. The summed E-state index contributed by atoms with van der Waals surface area (Å²) in [6, 6.07) is 2.09. The normalized spacial score (nSPS) is 16.1. The second-order valence-corrected chi connectivity index (χ2v) is 5.28. The molecule has 1 aliphatic rings. The van der Waals surface area contributed by atoms with Crippen LogP contribution in [0.5, 0.6) is 0 Å². The lowest BCUT2D eigenvalue weighted by Gasteiger charge is -2.26. The van der Waals surface area contributed by atoms with Gasteiger partial charge in [-0.1, -0.05) is 0 Å². The lowest BCUT2D eigenvalue weighted by Crippen LogP contribution is -2.33. The molecule has 80 valence electrons. The Balaban J connectivity index is 2.20. The molecule has 0 radical (unpaired) electrons. The summed E-state index contributed by atoms with van der Waals surface area (Å²) in [7, 11) is 0. The number of aromatic nitrogens is 1. The molecule has 0 saturated heterocycles. The second-order valence-electron chi connectivity index (χ2n) is 4.50. The van der Waals surface area contributed by atoms with E-state index in [4.69, 9.17) is 11.0 Å². The van der Waals surface area contributed by atoms with Gasteiger partial charge in [0.15, 0.2) is 5.82 Å². The van der Waals surface area contributed by atoms with Gasteiger partial charge in [-0.15, -0.1) is 0 Å². The zero-order valence-electron chi connectivity index (χ0n) is 8.87. The van der Waals surface area contributed by atoms with Crippen LogP contribution in [0, 0.1) is 17.2 Å². The Morgan fingerprint density at radius 2 is 2.27 bits per heavy atom. The number of nitrogen functional groups attached to an aromatic ring is 1. The molecule has 4 nitrogen and oxygen atoms in total. The Hall–Kier alpha value is -1.28.